The zero-order valence-corrected chi connectivity index (χ0v) is 8.58. The quantitative estimate of drug-likeness (QED) is 0.707. The Kier molecular flexibility index (Phi) is 5.98. The summed E-state index contributed by atoms with van der Waals surface area (Å²) in [5.74, 6) is 0. The van der Waals surface area contributed by atoms with Gasteiger partial charge in [-0.15, -0.1) is 0 Å². The first-order valence-electron chi connectivity index (χ1n) is 4.74. The van der Waals surface area contributed by atoms with Crippen molar-refractivity contribution in [3.63, 3.8) is 0 Å². The molecule has 0 unspecified atom stereocenters. The first-order valence-corrected chi connectivity index (χ1v) is 4.74. The first kappa shape index (κ1) is 12.0. The molecule has 0 aromatic heterocycles. The summed E-state index contributed by atoms with van der Waals surface area (Å²) < 4.78 is 0. The van der Waals surface area contributed by atoms with E-state index in [-0.39, 0.29) is 0 Å². The van der Waals surface area contributed by atoms with Gasteiger partial charge in [-0.2, -0.15) is 0 Å². The predicted octanol–water partition coefficient (Wildman–Crippen LogP) is 3.12. The van der Waals surface area contributed by atoms with Gasteiger partial charge in [0.05, 0.1) is 5.70 Å². The molecule has 0 amide bonds. The summed E-state index contributed by atoms with van der Waals surface area (Å²) in [6.07, 6.45) is 5.41. The fraction of sp³-hybridized carbons (Fsp3) is 0.455. The van der Waals surface area contributed by atoms with Crippen LogP contribution in [0.4, 0.5) is 0 Å². The molecule has 0 fully saturated rings. The molecule has 1 aliphatic rings. The van der Waals surface area contributed by atoms with Gasteiger partial charge >= 0.3 is 0 Å². The number of hydrogen-bond acceptors (Lipinski definition) is 2. The molecule has 74 valence electrons. The average Bonchev–Trinajstić information content (AvgIpc) is 2.20. The number of hydroxylamine groups is 2. The zero-order chi connectivity index (χ0) is 10.3. The lowest BCUT2D eigenvalue weighted by Crippen LogP contribution is -2.23. The van der Waals surface area contributed by atoms with E-state index in [0.717, 1.165) is 24.1 Å². The molecule has 0 aromatic carbocycles. The van der Waals surface area contributed by atoms with Crippen LogP contribution in [0.1, 0.15) is 26.7 Å². The summed E-state index contributed by atoms with van der Waals surface area (Å²) in [5.41, 5.74) is 1.88. The third-order valence-corrected chi connectivity index (χ3v) is 1.86. The molecule has 0 saturated heterocycles. The maximum absolute atomic E-state index is 9.33. The minimum absolute atomic E-state index is 0.693. The highest BCUT2D eigenvalue weighted by Gasteiger charge is 2.13. The van der Waals surface area contributed by atoms with Gasteiger partial charge in [-0.25, -0.2) is 0 Å². The Bertz CT molecular complexity index is 206. The Labute approximate surface area is 80.8 Å². The maximum Gasteiger partial charge on any atom is 0.0659 e. The molecule has 1 N–H and O–H groups in total. The minimum Gasteiger partial charge on any atom is -0.288 e. The summed E-state index contributed by atoms with van der Waals surface area (Å²) in [5, 5.41) is 10.6. The third-order valence-electron chi connectivity index (χ3n) is 1.86. The van der Waals surface area contributed by atoms with Crippen LogP contribution in [-0.4, -0.2) is 16.8 Å². The number of hydrogen-bond donors (Lipinski definition) is 1. The van der Waals surface area contributed by atoms with Crippen molar-refractivity contribution in [3.05, 3.63) is 36.6 Å². The standard InChI is InChI=1S/C9H13NO.C2H6/c1-3-8-6-5-7-10(11)9(8)4-2;1-2/h3-4,11H,1-2,5-7H2;1-2H3. The van der Waals surface area contributed by atoms with Crippen LogP contribution in [0, 0.1) is 0 Å². The van der Waals surface area contributed by atoms with E-state index >= 15 is 0 Å². The fourth-order valence-electron chi connectivity index (χ4n) is 1.28. The topological polar surface area (TPSA) is 23.5 Å². The SMILES string of the molecule is C=CC1=C(C=C)N(O)CCC1.CC. The minimum atomic E-state index is 0.693. The van der Waals surface area contributed by atoms with Gasteiger partial charge in [-0.05, 0) is 24.5 Å². The van der Waals surface area contributed by atoms with Gasteiger partial charge in [-0.3, -0.25) is 10.3 Å². The van der Waals surface area contributed by atoms with Gasteiger partial charge < -0.3 is 0 Å². The molecule has 0 bridgehead atoms. The summed E-state index contributed by atoms with van der Waals surface area (Å²) in [6.45, 7) is 12.0. The Morgan fingerprint density at radius 1 is 1.31 bits per heavy atom. The second-order valence-corrected chi connectivity index (χ2v) is 2.55. The van der Waals surface area contributed by atoms with Crippen molar-refractivity contribution in [2.24, 2.45) is 0 Å². The monoisotopic (exact) mass is 181 g/mol. The van der Waals surface area contributed by atoms with Crippen molar-refractivity contribution in [1.29, 1.82) is 0 Å². The van der Waals surface area contributed by atoms with Crippen LogP contribution >= 0.6 is 0 Å². The second kappa shape index (κ2) is 6.49. The van der Waals surface area contributed by atoms with Gasteiger partial charge in [0.2, 0.25) is 0 Å². The Hall–Kier alpha value is -1.02. The molecule has 1 heterocycles. The molecule has 0 atom stereocenters. The first-order chi connectivity index (χ1) is 6.29. The molecule has 0 spiro atoms. The molecule has 1 aliphatic heterocycles. The molecule has 0 saturated carbocycles. The van der Waals surface area contributed by atoms with E-state index in [0.29, 0.717) is 6.54 Å². The number of allylic oxidation sites excluding steroid dienone is 3. The molecular weight excluding hydrogens is 162 g/mol. The van der Waals surface area contributed by atoms with Crippen LogP contribution in [-0.2, 0) is 0 Å². The van der Waals surface area contributed by atoms with Gasteiger partial charge in [0.15, 0.2) is 0 Å². The normalized spacial score (nSPS) is 16.1. The van der Waals surface area contributed by atoms with E-state index in [1.807, 2.05) is 13.8 Å². The van der Waals surface area contributed by atoms with Gasteiger partial charge in [0, 0.05) is 6.54 Å². The summed E-state index contributed by atoms with van der Waals surface area (Å²) in [6, 6.07) is 0. The number of nitrogens with zero attached hydrogens (tertiary/aromatic N) is 1. The Balaban J connectivity index is 0.000000671. The van der Waals surface area contributed by atoms with Crippen LogP contribution in [0.15, 0.2) is 36.6 Å². The van der Waals surface area contributed by atoms with Gasteiger partial charge in [-0.1, -0.05) is 33.1 Å². The molecule has 1 rings (SSSR count). The van der Waals surface area contributed by atoms with Crippen LogP contribution in [0.5, 0.6) is 0 Å². The molecule has 0 aliphatic carbocycles. The average molecular weight is 181 g/mol. The lowest BCUT2D eigenvalue weighted by atomic mass is 10.0. The summed E-state index contributed by atoms with van der Waals surface area (Å²) in [7, 11) is 0. The highest BCUT2D eigenvalue weighted by molar-refractivity contribution is 5.30. The van der Waals surface area contributed by atoms with Crippen LogP contribution in [0.2, 0.25) is 0 Å². The van der Waals surface area contributed by atoms with Crippen LogP contribution in [0.3, 0.4) is 0 Å². The highest BCUT2D eigenvalue weighted by atomic mass is 16.5. The highest BCUT2D eigenvalue weighted by Crippen LogP contribution is 2.21. The summed E-state index contributed by atoms with van der Waals surface area (Å²) in [4.78, 5) is 0. The molecule has 2 nitrogen and oxygen atoms in total. The molecular formula is C11H19NO. The largest absolute Gasteiger partial charge is 0.288 e. The van der Waals surface area contributed by atoms with Crippen molar-refractivity contribution < 1.29 is 5.21 Å². The van der Waals surface area contributed by atoms with Crippen LogP contribution in [0.25, 0.3) is 0 Å². The van der Waals surface area contributed by atoms with E-state index < -0.39 is 0 Å². The van der Waals surface area contributed by atoms with Gasteiger partial charge in [0.1, 0.15) is 0 Å². The lowest BCUT2D eigenvalue weighted by Gasteiger charge is -2.25. The third kappa shape index (κ3) is 3.07. The Morgan fingerprint density at radius 2 is 1.92 bits per heavy atom. The van der Waals surface area contributed by atoms with E-state index in [9.17, 15) is 5.21 Å². The molecule has 13 heavy (non-hydrogen) atoms. The smallest absolute Gasteiger partial charge is 0.0659 e. The summed E-state index contributed by atoms with van der Waals surface area (Å²) >= 11 is 0. The van der Waals surface area contributed by atoms with Crippen molar-refractivity contribution in [3.8, 4) is 0 Å². The lowest BCUT2D eigenvalue weighted by molar-refractivity contribution is -0.0571. The van der Waals surface area contributed by atoms with E-state index in [4.69, 9.17) is 0 Å². The Morgan fingerprint density at radius 3 is 2.31 bits per heavy atom. The zero-order valence-electron chi connectivity index (χ0n) is 8.58. The number of rotatable bonds is 2. The second-order valence-electron chi connectivity index (χ2n) is 2.55. The molecule has 0 aromatic rings. The maximum atomic E-state index is 9.33. The van der Waals surface area contributed by atoms with Crippen LogP contribution < -0.4 is 0 Å². The van der Waals surface area contributed by atoms with Crippen molar-refractivity contribution in [2.75, 3.05) is 6.54 Å². The fourth-order valence-corrected chi connectivity index (χ4v) is 1.28. The van der Waals surface area contributed by atoms with E-state index in [1.54, 1.807) is 12.2 Å². The van der Waals surface area contributed by atoms with Crippen molar-refractivity contribution in [2.45, 2.75) is 26.7 Å². The van der Waals surface area contributed by atoms with E-state index in [1.165, 1.54) is 5.06 Å². The van der Waals surface area contributed by atoms with Gasteiger partial charge in [0.25, 0.3) is 0 Å². The molecule has 0 radical (unpaired) electrons. The van der Waals surface area contributed by atoms with Crippen molar-refractivity contribution in [1.82, 2.24) is 5.06 Å². The molecule has 2 heteroatoms. The van der Waals surface area contributed by atoms with Crippen molar-refractivity contribution >= 4 is 0 Å². The van der Waals surface area contributed by atoms with E-state index in [2.05, 4.69) is 13.2 Å². The predicted molar refractivity (Wildman–Crippen MR) is 56.5 cm³/mol.